The summed E-state index contributed by atoms with van der Waals surface area (Å²) >= 11 is 0. The summed E-state index contributed by atoms with van der Waals surface area (Å²) in [4.78, 5) is 12.6. The molecule has 0 atom stereocenters. The van der Waals surface area contributed by atoms with Crippen LogP contribution in [0, 0.1) is 0 Å². The average molecular weight is 297 g/mol. The zero-order chi connectivity index (χ0) is 15.7. The number of aliphatic carboxylic acids is 1. The van der Waals surface area contributed by atoms with E-state index in [1.165, 1.54) is 18.6 Å². The summed E-state index contributed by atoms with van der Waals surface area (Å²) in [6, 6.07) is 14.6. The molecule has 0 aliphatic rings. The van der Waals surface area contributed by atoms with E-state index in [1.54, 1.807) is 24.3 Å². The Morgan fingerprint density at radius 1 is 1.05 bits per heavy atom. The lowest BCUT2D eigenvalue weighted by Crippen LogP contribution is -2.37. The largest absolute Gasteiger partial charge is 0.478 e. The van der Waals surface area contributed by atoms with Crippen molar-refractivity contribution in [3.63, 3.8) is 0 Å². The molecular formula is C16H15N3O3. The number of fused-ring (bicyclic) bond motifs is 1. The second-order valence-electron chi connectivity index (χ2n) is 5.39. The molecule has 0 aliphatic carbocycles. The number of carbonyl (C=O) groups is 1. The van der Waals surface area contributed by atoms with Gasteiger partial charge in [-0.2, -0.15) is 4.80 Å². The van der Waals surface area contributed by atoms with Crippen LogP contribution in [0.3, 0.4) is 0 Å². The molecule has 6 nitrogen and oxygen atoms in total. The van der Waals surface area contributed by atoms with E-state index in [4.69, 9.17) is 9.84 Å². The number of hydrogen-bond donors (Lipinski definition) is 1. The normalized spacial score (nSPS) is 11.5. The number of carboxylic acid groups (broad SMARTS) is 1. The van der Waals surface area contributed by atoms with Crippen LogP contribution in [-0.2, 0) is 4.79 Å². The fourth-order valence-electron chi connectivity index (χ4n) is 1.96. The average Bonchev–Trinajstić information content (AvgIpc) is 2.91. The number of nitrogens with zero attached hydrogens (tertiary/aromatic N) is 3. The Balaban J connectivity index is 1.86. The highest BCUT2D eigenvalue weighted by molar-refractivity contribution is 5.76. The molecule has 22 heavy (non-hydrogen) atoms. The van der Waals surface area contributed by atoms with Gasteiger partial charge in [0.2, 0.25) is 0 Å². The molecule has 112 valence electrons. The Bertz CT molecular complexity index is 789. The van der Waals surface area contributed by atoms with Crippen molar-refractivity contribution in [2.45, 2.75) is 19.4 Å². The maximum atomic E-state index is 11.1. The fraction of sp³-hybridized carbons (Fsp3) is 0.188. The van der Waals surface area contributed by atoms with Crippen LogP contribution < -0.4 is 4.74 Å². The summed E-state index contributed by atoms with van der Waals surface area (Å²) < 4.78 is 5.46. The lowest BCUT2D eigenvalue weighted by molar-refractivity contribution is -0.152. The zero-order valence-corrected chi connectivity index (χ0v) is 12.2. The van der Waals surface area contributed by atoms with E-state index in [-0.39, 0.29) is 0 Å². The van der Waals surface area contributed by atoms with Crippen LogP contribution in [0.25, 0.3) is 16.7 Å². The van der Waals surface area contributed by atoms with Gasteiger partial charge in [0.1, 0.15) is 16.8 Å². The van der Waals surface area contributed by atoms with Crippen LogP contribution >= 0.6 is 0 Å². The molecule has 1 heterocycles. The molecule has 0 unspecified atom stereocenters. The monoisotopic (exact) mass is 297 g/mol. The summed E-state index contributed by atoms with van der Waals surface area (Å²) in [7, 11) is 0. The van der Waals surface area contributed by atoms with Gasteiger partial charge in [0.05, 0.1) is 5.69 Å². The molecule has 0 spiro atoms. The Morgan fingerprint density at radius 3 is 2.09 bits per heavy atom. The first kappa shape index (κ1) is 14.1. The smallest absolute Gasteiger partial charge is 0.347 e. The Labute approximate surface area is 126 Å². The van der Waals surface area contributed by atoms with E-state index >= 15 is 0 Å². The van der Waals surface area contributed by atoms with Crippen LogP contribution in [0.2, 0.25) is 0 Å². The SMILES string of the molecule is CC(C)(Oc1ccc(-n2nc3ccccc3n2)cc1)C(=O)O. The number of hydrogen-bond acceptors (Lipinski definition) is 4. The first-order valence-corrected chi connectivity index (χ1v) is 6.81. The molecule has 0 aliphatic heterocycles. The Hall–Kier alpha value is -2.89. The topological polar surface area (TPSA) is 77.2 Å². The van der Waals surface area contributed by atoms with Gasteiger partial charge in [0.25, 0.3) is 0 Å². The molecule has 3 aromatic rings. The maximum absolute atomic E-state index is 11.1. The van der Waals surface area contributed by atoms with Crippen LogP contribution in [0.15, 0.2) is 48.5 Å². The van der Waals surface area contributed by atoms with Gasteiger partial charge >= 0.3 is 5.97 Å². The molecule has 1 aromatic heterocycles. The van der Waals surface area contributed by atoms with Gasteiger partial charge < -0.3 is 9.84 Å². The van der Waals surface area contributed by atoms with Gasteiger partial charge in [-0.1, -0.05) is 12.1 Å². The second kappa shape index (κ2) is 5.14. The molecule has 0 amide bonds. The van der Waals surface area contributed by atoms with Gasteiger partial charge in [-0.05, 0) is 50.2 Å². The molecule has 3 rings (SSSR count). The highest BCUT2D eigenvalue weighted by Gasteiger charge is 2.29. The molecule has 1 N–H and O–H groups in total. The van der Waals surface area contributed by atoms with Crippen molar-refractivity contribution in [2.24, 2.45) is 0 Å². The van der Waals surface area contributed by atoms with E-state index in [1.807, 2.05) is 24.3 Å². The van der Waals surface area contributed by atoms with Crippen molar-refractivity contribution in [1.82, 2.24) is 15.0 Å². The van der Waals surface area contributed by atoms with Crippen molar-refractivity contribution in [1.29, 1.82) is 0 Å². The molecule has 0 bridgehead atoms. The summed E-state index contributed by atoms with van der Waals surface area (Å²) in [5.74, 6) is -0.538. The third-order valence-electron chi connectivity index (χ3n) is 3.24. The number of carboxylic acids is 1. The van der Waals surface area contributed by atoms with Gasteiger partial charge in [0, 0.05) is 0 Å². The van der Waals surface area contributed by atoms with Gasteiger partial charge in [-0.25, -0.2) is 4.79 Å². The Morgan fingerprint density at radius 2 is 1.59 bits per heavy atom. The van der Waals surface area contributed by atoms with Crippen LogP contribution in [0.5, 0.6) is 5.75 Å². The predicted octanol–water partition coefficient (Wildman–Crippen LogP) is 2.66. The number of benzene rings is 2. The summed E-state index contributed by atoms with van der Waals surface area (Å²) in [5.41, 5.74) is 1.13. The number of rotatable bonds is 4. The highest BCUT2D eigenvalue weighted by atomic mass is 16.5. The van der Waals surface area contributed by atoms with Gasteiger partial charge in [0.15, 0.2) is 5.60 Å². The minimum Gasteiger partial charge on any atom is -0.478 e. The van der Waals surface area contributed by atoms with E-state index in [2.05, 4.69) is 10.2 Å². The molecule has 0 saturated carbocycles. The van der Waals surface area contributed by atoms with Crippen molar-refractivity contribution in [2.75, 3.05) is 0 Å². The zero-order valence-electron chi connectivity index (χ0n) is 12.2. The van der Waals surface area contributed by atoms with E-state index in [9.17, 15) is 4.79 Å². The maximum Gasteiger partial charge on any atom is 0.347 e. The van der Waals surface area contributed by atoms with E-state index in [0.717, 1.165) is 16.7 Å². The minimum absolute atomic E-state index is 0.480. The van der Waals surface area contributed by atoms with E-state index in [0.29, 0.717) is 5.75 Å². The summed E-state index contributed by atoms with van der Waals surface area (Å²) in [6.07, 6.45) is 0. The molecule has 0 fully saturated rings. The van der Waals surface area contributed by atoms with Gasteiger partial charge in [-0.3, -0.25) is 0 Å². The first-order valence-electron chi connectivity index (χ1n) is 6.81. The lowest BCUT2D eigenvalue weighted by atomic mass is 10.1. The summed E-state index contributed by atoms with van der Waals surface area (Å²) in [5, 5.41) is 17.8. The van der Waals surface area contributed by atoms with Gasteiger partial charge in [-0.15, -0.1) is 10.2 Å². The van der Waals surface area contributed by atoms with Crippen LogP contribution in [0.4, 0.5) is 0 Å². The Kier molecular flexibility index (Phi) is 3.29. The molecule has 0 saturated heterocycles. The van der Waals surface area contributed by atoms with E-state index < -0.39 is 11.6 Å². The fourth-order valence-corrected chi connectivity index (χ4v) is 1.96. The molecule has 0 radical (unpaired) electrons. The van der Waals surface area contributed by atoms with Crippen LogP contribution in [0.1, 0.15) is 13.8 Å². The molecule has 6 heteroatoms. The highest BCUT2D eigenvalue weighted by Crippen LogP contribution is 2.21. The minimum atomic E-state index is -1.28. The number of ether oxygens (including phenoxy) is 1. The van der Waals surface area contributed by atoms with Crippen molar-refractivity contribution >= 4 is 17.0 Å². The molecular weight excluding hydrogens is 282 g/mol. The molecule has 2 aromatic carbocycles. The van der Waals surface area contributed by atoms with Crippen molar-refractivity contribution in [3.8, 4) is 11.4 Å². The predicted molar refractivity (Wildman–Crippen MR) is 81.2 cm³/mol. The third-order valence-corrected chi connectivity index (χ3v) is 3.24. The standard InChI is InChI=1S/C16H15N3O3/c1-16(2,15(20)21)22-12-9-7-11(8-10-12)19-17-13-5-3-4-6-14(13)18-19/h3-10H,1-2H3,(H,20,21). The van der Waals surface area contributed by atoms with Crippen LogP contribution in [-0.4, -0.2) is 31.7 Å². The lowest BCUT2D eigenvalue weighted by Gasteiger charge is -2.21. The second-order valence-corrected chi connectivity index (χ2v) is 5.39. The third kappa shape index (κ3) is 2.63. The first-order chi connectivity index (χ1) is 10.5. The number of aromatic nitrogens is 3. The van der Waals surface area contributed by atoms with Crippen molar-refractivity contribution in [3.05, 3.63) is 48.5 Å². The summed E-state index contributed by atoms with van der Waals surface area (Å²) in [6.45, 7) is 3.01. The van der Waals surface area contributed by atoms with Crippen molar-refractivity contribution < 1.29 is 14.6 Å². The quantitative estimate of drug-likeness (QED) is 0.801.